The number of aryl methyl sites for hydroxylation is 1. The highest BCUT2D eigenvalue weighted by molar-refractivity contribution is 5.85. The summed E-state index contributed by atoms with van der Waals surface area (Å²) in [6, 6.07) is 14.9. The van der Waals surface area contributed by atoms with Crippen LogP contribution in [0.15, 0.2) is 42.5 Å². The molecule has 0 saturated carbocycles. The average molecular weight is 362 g/mol. The van der Waals surface area contributed by atoms with Crippen LogP contribution in [0.1, 0.15) is 30.5 Å². The molecule has 25 heavy (non-hydrogen) atoms. The second-order valence-electron chi connectivity index (χ2n) is 7.12. The minimum Gasteiger partial charge on any atom is -0.488 e. The van der Waals surface area contributed by atoms with Gasteiger partial charge in [0.2, 0.25) is 0 Å². The Labute approximate surface area is 157 Å². The fourth-order valence-corrected chi connectivity index (χ4v) is 3.05. The van der Waals surface area contributed by atoms with E-state index in [1.165, 1.54) is 16.7 Å². The normalized spacial score (nSPS) is 14.4. The summed E-state index contributed by atoms with van der Waals surface area (Å²) in [7, 11) is 0. The summed E-state index contributed by atoms with van der Waals surface area (Å²) < 4.78 is 11.9. The van der Waals surface area contributed by atoms with Crippen LogP contribution in [0.2, 0.25) is 0 Å². The van der Waals surface area contributed by atoms with Gasteiger partial charge in [-0.25, -0.2) is 0 Å². The number of hydrogen-bond donors (Lipinski definition) is 1. The van der Waals surface area contributed by atoms with Gasteiger partial charge in [-0.2, -0.15) is 0 Å². The largest absolute Gasteiger partial charge is 0.488 e. The summed E-state index contributed by atoms with van der Waals surface area (Å²) in [6.07, 6.45) is 1.98. The lowest BCUT2D eigenvalue weighted by Crippen LogP contribution is -2.25. The van der Waals surface area contributed by atoms with Crippen molar-refractivity contribution >= 4 is 12.4 Å². The van der Waals surface area contributed by atoms with Crippen molar-refractivity contribution in [1.29, 1.82) is 0 Å². The first-order valence-corrected chi connectivity index (χ1v) is 8.73. The number of ether oxygens (including phenoxy) is 2. The highest BCUT2D eigenvalue weighted by atomic mass is 35.5. The maximum atomic E-state index is 6.03. The van der Waals surface area contributed by atoms with Crippen LogP contribution < -0.4 is 14.8 Å². The minimum absolute atomic E-state index is 0. The first-order valence-electron chi connectivity index (χ1n) is 8.73. The van der Waals surface area contributed by atoms with Crippen molar-refractivity contribution in [2.45, 2.75) is 39.2 Å². The van der Waals surface area contributed by atoms with Gasteiger partial charge in [-0.3, -0.25) is 0 Å². The lowest BCUT2D eigenvalue weighted by molar-refractivity contribution is 0.132. The molecule has 0 bridgehead atoms. The van der Waals surface area contributed by atoms with Crippen LogP contribution in [-0.4, -0.2) is 25.3 Å². The van der Waals surface area contributed by atoms with Gasteiger partial charge in [-0.05, 0) is 45.4 Å². The Hall–Kier alpha value is -1.71. The molecule has 0 unspecified atom stereocenters. The molecule has 0 amide bonds. The second kappa shape index (κ2) is 8.59. The summed E-state index contributed by atoms with van der Waals surface area (Å²) in [6.45, 7) is 8.78. The summed E-state index contributed by atoms with van der Waals surface area (Å²) in [5.74, 6) is 1.78. The summed E-state index contributed by atoms with van der Waals surface area (Å²) in [5.41, 5.74) is 3.78. The molecule has 1 aliphatic rings. The molecule has 1 aliphatic heterocycles. The maximum Gasteiger partial charge on any atom is 0.165 e. The zero-order chi connectivity index (χ0) is 17.0. The van der Waals surface area contributed by atoms with Crippen molar-refractivity contribution < 1.29 is 9.47 Å². The number of hydrogen-bond acceptors (Lipinski definition) is 3. The van der Waals surface area contributed by atoms with Gasteiger partial charge in [-0.15, -0.1) is 12.4 Å². The van der Waals surface area contributed by atoms with Crippen LogP contribution in [0.25, 0.3) is 0 Å². The van der Waals surface area contributed by atoms with Gasteiger partial charge in [-0.1, -0.05) is 42.0 Å². The monoisotopic (exact) mass is 361 g/mol. The molecule has 0 fully saturated rings. The van der Waals surface area contributed by atoms with E-state index in [9.17, 15) is 0 Å². The fraction of sp³-hybridized carbons (Fsp3) is 0.429. The number of rotatable bonds is 7. The SMILES string of the molecule is Cc1ccc(CCNCCOc2cccc3c2OC(C)(C)C3)cc1.Cl. The molecule has 0 spiro atoms. The molecule has 136 valence electrons. The van der Waals surface area contributed by atoms with E-state index in [1.54, 1.807) is 0 Å². The molecule has 0 saturated heterocycles. The van der Waals surface area contributed by atoms with Crippen molar-refractivity contribution in [3.05, 3.63) is 59.2 Å². The van der Waals surface area contributed by atoms with E-state index in [4.69, 9.17) is 9.47 Å². The van der Waals surface area contributed by atoms with E-state index in [0.29, 0.717) is 6.61 Å². The number of fused-ring (bicyclic) bond motifs is 1. The van der Waals surface area contributed by atoms with Crippen LogP contribution in [0.3, 0.4) is 0 Å². The van der Waals surface area contributed by atoms with Crippen LogP contribution in [-0.2, 0) is 12.8 Å². The Bertz CT molecular complexity index is 683. The van der Waals surface area contributed by atoms with Crippen molar-refractivity contribution in [3.8, 4) is 11.5 Å². The zero-order valence-electron chi connectivity index (χ0n) is 15.3. The van der Waals surface area contributed by atoms with Crippen LogP contribution in [0.4, 0.5) is 0 Å². The molecule has 1 N–H and O–H groups in total. The van der Waals surface area contributed by atoms with E-state index in [2.05, 4.69) is 56.4 Å². The maximum absolute atomic E-state index is 6.03. The standard InChI is InChI=1S/C21H27NO2.ClH/c1-16-7-9-17(10-8-16)11-12-22-13-14-23-19-6-4-5-18-15-21(2,3)24-20(18)19;/h4-10,22H,11-15H2,1-3H3;1H. The lowest BCUT2D eigenvalue weighted by atomic mass is 10.0. The third kappa shape index (κ3) is 5.38. The highest BCUT2D eigenvalue weighted by Crippen LogP contribution is 2.41. The highest BCUT2D eigenvalue weighted by Gasteiger charge is 2.32. The summed E-state index contributed by atoms with van der Waals surface area (Å²) in [5, 5.41) is 3.44. The summed E-state index contributed by atoms with van der Waals surface area (Å²) in [4.78, 5) is 0. The van der Waals surface area contributed by atoms with E-state index in [-0.39, 0.29) is 18.0 Å². The molecule has 0 radical (unpaired) electrons. The van der Waals surface area contributed by atoms with Gasteiger partial charge < -0.3 is 14.8 Å². The fourth-order valence-electron chi connectivity index (χ4n) is 3.05. The molecule has 2 aromatic rings. The molecule has 2 aromatic carbocycles. The number of benzene rings is 2. The van der Waals surface area contributed by atoms with Gasteiger partial charge >= 0.3 is 0 Å². The van der Waals surface area contributed by atoms with Gasteiger partial charge in [0.15, 0.2) is 11.5 Å². The van der Waals surface area contributed by atoms with Crippen molar-refractivity contribution in [1.82, 2.24) is 5.32 Å². The number of para-hydroxylation sites is 1. The first kappa shape index (κ1) is 19.6. The van der Waals surface area contributed by atoms with Crippen LogP contribution >= 0.6 is 12.4 Å². The summed E-state index contributed by atoms with van der Waals surface area (Å²) >= 11 is 0. The van der Waals surface area contributed by atoms with Gasteiger partial charge in [0.25, 0.3) is 0 Å². The topological polar surface area (TPSA) is 30.5 Å². The molecule has 0 aliphatic carbocycles. The molecule has 1 heterocycles. The Morgan fingerprint density at radius 2 is 1.84 bits per heavy atom. The quantitative estimate of drug-likeness (QED) is 0.744. The zero-order valence-corrected chi connectivity index (χ0v) is 16.1. The Morgan fingerprint density at radius 1 is 1.08 bits per heavy atom. The molecule has 0 atom stereocenters. The molecule has 3 nitrogen and oxygen atoms in total. The number of halogens is 1. The van der Waals surface area contributed by atoms with Gasteiger partial charge in [0, 0.05) is 18.5 Å². The second-order valence-corrected chi connectivity index (χ2v) is 7.12. The Kier molecular flexibility index (Phi) is 6.74. The predicted octanol–water partition coefficient (Wildman–Crippen LogP) is 4.34. The van der Waals surface area contributed by atoms with Crippen molar-refractivity contribution in [2.24, 2.45) is 0 Å². The van der Waals surface area contributed by atoms with E-state index < -0.39 is 0 Å². The molecular formula is C21H28ClNO2. The third-order valence-electron chi connectivity index (χ3n) is 4.30. The number of nitrogens with one attached hydrogen (secondary N) is 1. The third-order valence-corrected chi connectivity index (χ3v) is 4.30. The van der Waals surface area contributed by atoms with Crippen LogP contribution in [0.5, 0.6) is 11.5 Å². The Balaban J connectivity index is 0.00000225. The minimum atomic E-state index is -0.131. The molecule has 4 heteroatoms. The molecule has 0 aromatic heterocycles. The van der Waals surface area contributed by atoms with Crippen molar-refractivity contribution in [2.75, 3.05) is 19.7 Å². The van der Waals surface area contributed by atoms with E-state index >= 15 is 0 Å². The van der Waals surface area contributed by atoms with Crippen molar-refractivity contribution in [3.63, 3.8) is 0 Å². The predicted molar refractivity (Wildman–Crippen MR) is 105 cm³/mol. The lowest BCUT2D eigenvalue weighted by Gasteiger charge is -2.18. The molecular weight excluding hydrogens is 334 g/mol. The van der Waals surface area contributed by atoms with Gasteiger partial charge in [0.1, 0.15) is 12.2 Å². The van der Waals surface area contributed by atoms with Gasteiger partial charge in [0.05, 0.1) is 0 Å². The van der Waals surface area contributed by atoms with E-state index in [1.807, 2.05) is 12.1 Å². The molecule has 3 rings (SSSR count). The first-order chi connectivity index (χ1) is 11.5. The van der Waals surface area contributed by atoms with Crippen LogP contribution in [0, 0.1) is 6.92 Å². The Morgan fingerprint density at radius 3 is 2.60 bits per heavy atom. The van der Waals surface area contributed by atoms with E-state index in [0.717, 1.165) is 37.4 Å². The average Bonchev–Trinajstić information content (AvgIpc) is 2.87. The smallest absolute Gasteiger partial charge is 0.165 e.